The lowest BCUT2D eigenvalue weighted by Gasteiger charge is -2.14. The Bertz CT molecular complexity index is 2870. The first-order valence-electron chi connectivity index (χ1n) is 16.7. The van der Waals surface area contributed by atoms with Gasteiger partial charge in [0.1, 0.15) is 0 Å². The molecule has 10 aromatic carbocycles. The predicted molar refractivity (Wildman–Crippen MR) is 208 cm³/mol. The second kappa shape index (κ2) is 10.7. The Morgan fingerprint density at radius 1 is 0.167 bits per heavy atom. The zero-order chi connectivity index (χ0) is 31.6. The van der Waals surface area contributed by atoms with Gasteiger partial charge in [0.2, 0.25) is 0 Å². The average molecular weight is 607 g/mol. The van der Waals surface area contributed by atoms with E-state index in [-0.39, 0.29) is 0 Å². The molecule has 0 fully saturated rings. The zero-order valence-corrected chi connectivity index (χ0v) is 26.3. The maximum atomic E-state index is 2.39. The largest absolute Gasteiger partial charge is 0.0616 e. The van der Waals surface area contributed by atoms with E-state index in [0.29, 0.717) is 0 Å². The Morgan fingerprint density at radius 2 is 0.438 bits per heavy atom. The molecule has 0 aromatic heterocycles. The minimum Gasteiger partial charge on any atom is -0.0616 e. The minimum atomic E-state index is 1.23. The number of rotatable bonds is 3. The van der Waals surface area contributed by atoms with E-state index < -0.39 is 0 Å². The van der Waals surface area contributed by atoms with Crippen LogP contribution in [0.3, 0.4) is 0 Å². The third kappa shape index (κ3) is 4.38. The summed E-state index contributed by atoms with van der Waals surface area (Å²) in [7, 11) is 0. The summed E-state index contributed by atoms with van der Waals surface area (Å²) < 4.78 is 0. The second-order valence-corrected chi connectivity index (χ2v) is 13.0. The molecule has 0 saturated carbocycles. The lowest BCUT2D eigenvalue weighted by molar-refractivity contribution is 1.66. The van der Waals surface area contributed by atoms with Crippen molar-refractivity contribution >= 4 is 64.6 Å². The summed E-state index contributed by atoms with van der Waals surface area (Å²) >= 11 is 0. The smallest absolute Gasteiger partial charge is 0.00928 e. The van der Waals surface area contributed by atoms with E-state index in [4.69, 9.17) is 0 Å². The van der Waals surface area contributed by atoms with Crippen LogP contribution in [0.4, 0.5) is 0 Å². The van der Waals surface area contributed by atoms with Crippen LogP contribution < -0.4 is 0 Å². The van der Waals surface area contributed by atoms with Crippen molar-refractivity contribution in [1.29, 1.82) is 0 Å². The molecule has 0 aliphatic rings. The summed E-state index contributed by atoms with van der Waals surface area (Å²) in [5.41, 5.74) is 7.45. The fourth-order valence-electron chi connectivity index (χ4n) is 7.66. The van der Waals surface area contributed by atoms with Gasteiger partial charge in [-0.1, -0.05) is 146 Å². The Kier molecular flexibility index (Phi) is 5.98. The van der Waals surface area contributed by atoms with Crippen molar-refractivity contribution in [3.63, 3.8) is 0 Å². The molecule has 0 aliphatic heterocycles. The van der Waals surface area contributed by atoms with E-state index >= 15 is 0 Å². The van der Waals surface area contributed by atoms with Gasteiger partial charge in [-0.05, 0) is 134 Å². The highest BCUT2D eigenvalue weighted by atomic mass is 14.2. The van der Waals surface area contributed by atoms with Crippen LogP contribution in [0.25, 0.3) is 98.0 Å². The van der Waals surface area contributed by atoms with Gasteiger partial charge in [0, 0.05) is 0 Å². The molecule has 222 valence electrons. The summed E-state index contributed by atoms with van der Waals surface area (Å²) in [6, 6.07) is 67.2. The highest BCUT2D eigenvalue weighted by molar-refractivity contribution is 6.26. The Labute approximate surface area is 279 Å². The third-order valence-corrected chi connectivity index (χ3v) is 10.2. The maximum Gasteiger partial charge on any atom is -0.00928 e. The SMILES string of the molecule is c1ccc2cc(-c3ccc4cc(-c5ccc6c7ccc(-c8ccc9ccccc9c8)cc7c7ccccc7c6c5)ccc4c3)ccc2c1. The fraction of sp³-hybridized carbons (Fsp3) is 0. The molecule has 0 radical (unpaired) electrons. The van der Waals surface area contributed by atoms with Crippen LogP contribution in [0.1, 0.15) is 0 Å². The van der Waals surface area contributed by atoms with Crippen LogP contribution in [0.5, 0.6) is 0 Å². The summed E-state index contributed by atoms with van der Waals surface area (Å²) in [4.78, 5) is 0. The van der Waals surface area contributed by atoms with E-state index in [2.05, 4.69) is 182 Å². The average Bonchev–Trinajstić information content (AvgIpc) is 3.16. The lowest BCUT2D eigenvalue weighted by Crippen LogP contribution is -1.87. The van der Waals surface area contributed by atoms with Crippen molar-refractivity contribution in [2.75, 3.05) is 0 Å². The summed E-state index contributed by atoms with van der Waals surface area (Å²) in [6.45, 7) is 0. The number of hydrogen-bond acceptors (Lipinski definition) is 0. The molecule has 0 atom stereocenters. The molecule has 10 aromatic rings. The number of benzene rings is 10. The van der Waals surface area contributed by atoms with E-state index in [1.807, 2.05) is 0 Å². The van der Waals surface area contributed by atoms with Crippen molar-refractivity contribution in [3.05, 3.63) is 182 Å². The zero-order valence-electron chi connectivity index (χ0n) is 26.3. The predicted octanol–water partition coefficient (Wildman–Crippen LogP) is 13.6. The summed E-state index contributed by atoms with van der Waals surface area (Å²) in [5, 5.41) is 15.3. The summed E-state index contributed by atoms with van der Waals surface area (Å²) in [6.07, 6.45) is 0. The van der Waals surface area contributed by atoms with Crippen molar-refractivity contribution in [2.24, 2.45) is 0 Å². The lowest BCUT2D eigenvalue weighted by atomic mass is 9.90. The quantitative estimate of drug-likeness (QED) is 0.176. The van der Waals surface area contributed by atoms with Gasteiger partial charge >= 0.3 is 0 Å². The van der Waals surface area contributed by atoms with Gasteiger partial charge < -0.3 is 0 Å². The molecule has 0 bridgehead atoms. The fourth-order valence-corrected chi connectivity index (χ4v) is 7.66. The monoisotopic (exact) mass is 606 g/mol. The maximum absolute atomic E-state index is 2.39. The highest BCUT2D eigenvalue weighted by Gasteiger charge is 2.12. The van der Waals surface area contributed by atoms with E-state index in [0.717, 1.165) is 0 Å². The van der Waals surface area contributed by atoms with Crippen LogP contribution in [0.15, 0.2) is 182 Å². The van der Waals surface area contributed by atoms with Crippen molar-refractivity contribution in [3.8, 4) is 33.4 Å². The standard InChI is InChI=1S/C48H30/c1-3-9-33-25-35(15-13-31(33)7-1)36-17-18-38-28-40(20-19-37(38)27-36)42-22-24-46-45-23-21-41(39-16-14-32-8-2-4-10-34(32)26-39)29-47(45)43-11-5-6-12-44(43)48(46)30-42/h1-30H. The molecular formula is C48H30. The van der Waals surface area contributed by atoms with E-state index in [1.165, 1.54) is 98.0 Å². The minimum absolute atomic E-state index is 1.23. The van der Waals surface area contributed by atoms with Crippen LogP contribution >= 0.6 is 0 Å². The first-order chi connectivity index (χ1) is 23.7. The van der Waals surface area contributed by atoms with Gasteiger partial charge in [-0.25, -0.2) is 0 Å². The van der Waals surface area contributed by atoms with Gasteiger partial charge in [0.05, 0.1) is 0 Å². The molecule has 48 heavy (non-hydrogen) atoms. The van der Waals surface area contributed by atoms with Crippen molar-refractivity contribution < 1.29 is 0 Å². The Morgan fingerprint density at radius 3 is 0.854 bits per heavy atom. The van der Waals surface area contributed by atoms with Gasteiger partial charge in [0.15, 0.2) is 0 Å². The number of hydrogen-bond donors (Lipinski definition) is 0. The second-order valence-electron chi connectivity index (χ2n) is 13.0. The topological polar surface area (TPSA) is 0 Å². The van der Waals surface area contributed by atoms with Crippen LogP contribution in [0.2, 0.25) is 0 Å². The van der Waals surface area contributed by atoms with Crippen LogP contribution in [-0.2, 0) is 0 Å². The Hall–Kier alpha value is -6.24. The molecule has 0 N–H and O–H groups in total. The highest BCUT2D eigenvalue weighted by Crippen LogP contribution is 2.40. The van der Waals surface area contributed by atoms with E-state index in [9.17, 15) is 0 Å². The number of fused-ring (bicyclic) bond motifs is 9. The summed E-state index contributed by atoms with van der Waals surface area (Å²) in [5.74, 6) is 0. The van der Waals surface area contributed by atoms with Gasteiger partial charge in [-0.15, -0.1) is 0 Å². The van der Waals surface area contributed by atoms with Crippen LogP contribution in [-0.4, -0.2) is 0 Å². The van der Waals surface area contributed by atoms with Gasteiger partial charge in [0.25, 0.3) is 0 Å². The first-order valence-corrected chi connectivity index (χ1v) is 16.7. The van der Waals surface area contributed by atoms with Gasteiger partial charge in [-0.3, -0.25) is 0 Å². The Balaban J connectivity index is 1.07. The molecule has 0 nitrogen and oxygen atoms in total. The first kappa shape index (κ1) is 26.9. The molecule has 10 rings (SSSR count). The molecule has 0 aliphatic carbocycles. The molecule has 0 unspecified atom stereocenters. The van der Waals surface area contributed by atoms with Crippen LogP contribution in [0, 0.1) is 0 Å². The molecule has 0 heterocycles. The third-order valence-electron chi connectivity index (χ3n) is 10.2. The molecule has 0 heteroatoms. The van der Waals surface area contributed by atoms with Crippen molar-refractivity contribution in [2.45, 2.75) is 0 Å². The molecule has 0 saturated heterocycles. The molecular weight excluding hydrogens is 577 g/mol. The van der Waals surface area contributed by atoms with E-state index in [1.54, 1.807) is 0 Å². The molecule has 0 amide bonds. The van der Waals surface area contributed by atoms with Crippen molar-refractivity contribution in [1.82, 2.24) is 0 Å². The molecule has 0 spiro atoms. The normalized spacial score (nSPS) is 11.8. The van der Waals surface area contributed by atoms with Gasteiger partial charge in [-0.2, -0.15) is 0 Å².